The molecule has 0 bridgehead atoms. The molecule has 0 unspecified atom stereocenters. The van der Waals surface area contributed by atoms with E-state index in [2.05, 4.69) is 4.98 Å². The van der Waals surface area contributed by atoms with Crippen LogP contribution in [-0.2, 0) is 7.05 Å². The molecule has 0 N–H and O–H groups in total. The fourth-order valence-corrected chi connectivity index (χ4v) is 1.51. The van der Waals surface area contributed by atoms with Gasteiger partial charge in [-0.3, -0.25) is 4.79 Å². The van der Waals surface area contributed by atoms with E-state index >= 15 is 0 Å². The molecule has 0 saturated carbocycles. The predicted octanol–water partition coefficient (Wildman–Crippen LogP) is 2.10. The fraction of sp³-hybridized carbons (Fsp3) is 0.167. The van der Waals surface area contributed by atoms with Crippen molar-refractivity contribution >= 4 is 5.78 Å². The molecule has 16 heavy (non-hydrogen) atoms. The van der Waals surface area contributed by atoms with Crippen molar-refractivity contribution in [2.45, 2.75) is 6.92 Å². The van der Waals surface area contributed by atoms with E-state index < -0.39 is 0 Å². The van der Waals surface area contributed by atoms with Gasteiger partial charge in [0.05, 0.1) is 12.5 Å². The summed E-state index contributed by atoms with van der Waals surface area (Å²) in [6, 6.07) is 4.33. The summed E-state index contributed by atoms with van der Waals surface area (Å²) in [7, 11) is 1.75. The van der Waals surface area contributed by atoms with Gasteiger partial charge in [0.1, 0.15) is 11.5 Å². The zero-order chi connectivity index (χ0) is 11.7. The Labute approximate surface area is 92.5 Å². The van der Waals surface area contributed by atoms with Gasteiger partial charge < -0.3 is 4.57 Å². The second kappa shape index (κ2) is 3.89. The fourth-order valence-electron chi connectivity index (χ4n) is 1.51. The SMILES string of the molecule is Cc1cc(C(=O)c2cncn2C)ccc1F. The van der Waals surface area contributed by atoms with Crippen LogP contribution in [0.3, 0.4) is 0 Å². The summed E-state index contributed by atoms with van der Waals surface area (Å²) in [6.07, 6.45) is 3.06. The number of carbonyl (C=O) groups excluding carboxylic acids is 1. The van der Waals surface area contributed by atoms with Gasteiger partial charge >= 0.3 is 0 Å². The molecule has 82 valence electrons. The van der Waals surface area contributed by atoms with Gasteiger partial charge in [-0.2, -0.15) is 0 Å². The summed E-state index contributed by atoms with van der Waals surface area (Å²) in [6.45, 7) is 1.63. The van der Waals surface area contributed by atoms with Crippen LogP contribution < -0.4 is 0 Å². The van der Waals surface area contributed by atoms with Crippen molar-refractivity contribution in [3.05, 3.63) is 53.4 Å². The minimum Gasteiger partial charge on any atom is -0.331 e. The number of hydrogen-bond donors (Lipinski definition) is 0. The Morgan fingerprint density at radius 1 is 1.44 bits per heavy atom. The summed E-state index contributed by atoms with van der Waals surface area (Å²) < 4.78 is 14.7. The van der Waals surface area contributed by atoms with Crippen LogP contribution in [0.25, 0.3) is 0 Å². The second-order valence-electron chi connectivity index (χ2n) is 3.68. The van der Waals surface area contributed by atoms with E-state index in [0.717, 1.165) is 0 Å². The number of nitrogens with zero attached hydrogens (tertiary/aromatic N) is 2. The quantitative estimate of drug-likeness (QED) is 0.723. The van der Waals surface area contributed by atoms with Gasteiger partial charge in [-0.1, -0.05) is 0 Å². The Morgan fingerprint density at radius 2 is 2.19 bits per heavy atom. The molecular weight excluding hydrogens is 207 g/mol. The Kier molecular flexibility index (Phi) is 2.56. The van der Waals surface area contributed by atoms with E-state index in [4.69, 9.17) is 0 Å². The number of ketones is 1. The lowest BCUT2D eigenvalue weighted by molar-refractivity contribution is 0.103. The minimum atomic E-state index is -0.304. The van der Waals surface area contributed by atoms with Crippen molar-refractivity contribution in [1.82, 2.24) is 9.55 Å². The standard InChI is InChI=1S/C12H11FN2O/c1-8-5-9(3-4-10(8)13)12(16)11-6-14-7-15(11)2/h3-7H,1-2H3. The first-order chi connectivity index (χ1) is 7.59. The molecule has 0 fully saturated rings. The number of carbonyl (C=O) groups is 1. The van der Waals surface area contributed by atoms with E-state index in [1.165, 1.54) is 18.3 Å². The summed E-state index contributed by atoms with van der Waals surface area (Å²) >= 11 is 0. The number of imidazole rings is 1. The highest BCUT2D eigenvalue weighted by atomic mass is 19.1. The first kappa shape index (κ1) is 10.5. The highest BCUT2D eigenvalue weighted by Gasteiger charge is 2.13. The van der Waals surface area contributed by atoms with Gasteiger partial charge in [0, 0.05) is 12.6 Å². The van der Waals surface area contributed by atoms with Gasteiger partial charge in [-0.25, -0.2) is 9.37 Å². The van der Waals surface area contributed by atoms with E-state index in [-0.39, 0.29) is 11.6 Å². The molecule has 0 amide bonds. The molecule has 0 saturated heterocycles. The monoisotopic (exact) mass is 218 g/mol. The molecule has 1 aromatic heterocycles. The Bertz CT molecular complexity index is 546. The van der Waals surface area contributed by atoms with Gasteiger partial charge in [0.2, 0.25) is 5.78 Å². The molecule has 4 heteroatoms. The third kappa shape index (κ3) is 1.74. The number of halogens is 1. The minimum absolute atomic E-state index is 0.150. The van der Waals surface area contributed by atoms with Crippen molar-refractivity contribution in [1.29, 1.82) is 0 Å². The third-order valence-electron chi connectivity index (χ3n) is 2.47. The van der Waals surface area contributed by atoms with E-state index in [1.54, 1.807) is 30.9 Å². The number of aryl methyl sites for hydroxylation is 2. The Balaban J connectivity index is 2.42. The predicted molar refractivity (Wildman–Crippen MR) is 57.8 cm³/mol. The molecule has 0 atom stereocenters. The van der Waals surface area contributed by atoms with Crippen LogP contribution in [0.2, 0.25) is 0 Å². The number of aromatic nitrogens is 2. The number of hydrogen-bond acceptors (Lipinski definition) is 2. The molecule has 0 spiro atoms. The van der Waals surface area contributed by atoms with Gasteiger partial charge in [-0.05, 0) is 30.7 Å². The molecule has 0 radical (unpaired) electrons. The molecule has 0 aliphatic heterocycles. The first-order valence-electron chi connectivity index (χ1n) is 4.87. The average molecular weight is 218 g/mol. The molecule has 2 aromatic rings. The van der Waals surface area contributed by atoms with Crippen LogP contribution in [0.4, 0.5) is 4.39 Å². The van der Waals surface area contributed by atoms with Crippen LogP contribution in [0.5, 0.6) is 0 Å². The van der Waals surface area contributed by atoms with Crippen molar-refractivity contribution < 1.29 is 9.18 Å². The summed E-state index contributed by atoms with van der Waals surface area (Å²) in [5.74, 6) is -0.454. The van der Waals surface area contributed by atoms with Crippen molar-refractivity contribution in [2.75, 3.05) is 0 Å². The van der Waals surface area contributed by atoms with Crippen LogP contribution in [-0.4, -0.2) is 15.3 Å². The largest absolute Gasteiger partial charge is 0.331 e. The summed E-state index contributed by atoms with van der Waals surface area (Å²) in [5.41, 5.74) is 1.43. The normalized spacial score (nSPS) is 10.4. The van der Waals surface area contributed by atoms with Crippen molar-refractivity contribution in [2.24, 2.45) is 7.05 Å². The van der Waals surface area contributed by atoms with E-state index in [9.17, 15) is 9.18 Å². The summed E-state index contributed by atoms with van der Waals surface area (Å²) in [4.78, 5) is 15.9. The Morgan fingerprint density at radius 3 is 2.75 bits per heavy atom. The lowest BCUT2D eigenvalue weighted by Gasteiger charge is -2.03. The van der Waals surface area contributed by atoms with Crippen molar-refractivity contribution in [3.8, 4) is 0 Å². The molecule has 0 aliphatic rings. The smallest absolute Gasteiger partial charge is 0.211 e. The highest BCUT2D eigenvalue weighted by molar-refractivity contribution is 6.07. The maximum atomic E-state index is 13.1. The maximum absolute atomic E-state index is 13.1. The van der Waals surface area contributed by atoms with Gasteiger partial charge in [0.25, 0.3) is 0 Å². The van der Waals surface area contributed by atoms with Crippen LogP contribution in [0.15, 0.2) is 30.7 Å². The van der Waals surface area contributed by atoms with Crippen LogP contribution in [0, 0.1) is 12.7 Å². The highest BCUT2D eigenvalue weighted by Crippen LogP contribution is 2.13. The van der Waals surface area contributed by atoms with Crippen LogP contribution in [0.1, 0.15) is 21.6 Å². The van der Waals surface area contributed by atoms with Crippen LogP contribution >= 0.6 is 0 Å². The van der Waals surface area contributed by atoms with Gasteiger partial charge in [0.15, 0.2) is 0 Å². The molecule has 1 aromatic carbocycles. The second-order valence-corrected chi connectivity index (χ2v) is 3.68. The van der Waals surface area contributed by atoms with Crippen molar-refractivity contribution in [3.63, 3.8) is 0 Å². The zero-order valence-corrected chi connectivity index (χ0v) is 9.07. The summed E-state index contributed by atoms with van der Waals surface area (Å²) in [5, 5.41) is 0. The number of rotatable bonds is 2. The lowest BCUT2D eigenvalue weighted by atomic mass is 10.1. The average Bonchev–Trinajstić information content (AvgIpc) is 2.67. The van der Waals surface area contributed by atoms with E-state index in [0.29, 0.717) is 16.8 Å². The van der Waals surface area contributed by atoms with E-state index in [1.807, 2.05) is 0 Å². The lowest BCUT2D eigenvalue weighted by Crippen LogP contribution is -2.07. The number of benzene rings is 1. The van der Waals surface area contributed by atoms with Gasteiger partial charge in [-0.15, -0.1) is 0 Å². The first-order valence-corrected chi connectivity index (χ1v) is 4.87. The third-order valence-corrected chi connectivity index (χ3v) is 2.47. The topological polar surface area (TPSA) is 34.9 Å². The zero-order valence-electron chi connectivity index (χ0n) is 9.07. The molecular formula is C12H11FN2O. The molecule has 3 nitrogen and oxygen atoms in total. The molecule has 2 rings (SSSR count). The Hall–Kier alpha value is -1.97. The molecule has 0 aliphatic carbocycles. The maximum Gasteiger partial charge on any atom is 0.211 e. The molecule has 1 heterocycles.